The predicted molar refractivity (Wildman–Crippen MR) is 91.9 cm³/mol. The summed E-state index contributed by atoms with van der Waals surface area (Å²) >= 11 is 11.7. The largest absolute Gasteiger partial charge is 0.215 e. The summed E-state index contributed by atoms with van der Waals surface area (Å²) in [5.74, 6) is -0.0180. The van der Waals surface area contributed by atoms with Gasteiger partial charge in [-0.05, 0) is 29.2 Å². The topological polar surface area (TPSA) is 46.2 Å². The van der Waals surface area contributed by atoms with Gasteiger partial charge in [-0.25, -0.2) is 13.1 Å². The Labute approximate surface area is 141 Å². The van der Waals surface area contributed by atoms with Gasteiger partial charge in [-0.3, -0.25) is 0 Å². The van der Waals surface area contributed by atoms with E-state index in [1.165, 1.54) is 0 Å². The Bertz CT molecular complexity index is 733. The molecule has 2 aromatic rings. The van der Waals surface area contributed by atoms with Crippen LogP contribution < -0.4 is 4.72 Å². The molecule has 0 unspecified atom stereocenters. The normalized spacial score (nSPS) is 13.0. The molecule has 3 nitrogen and oxygen atoms in total. The van der Waals surface area contributed by atoms with Gasteiger partial charge in [0.25, 0.3) is 0 Å². The molecule has 118 valence electrons. The fourth-order valence-electron chi connectivity index (χ4n) is 2.05. The van der Waals surface area contributed by atoms with Crippen LogP contribution in [0.15, 0.2) is 48.5 Å². The number of halogens is 2. The van der Waals surface area contributed by atoms with Crippen molar-refractivity contribution in [3.8, 4) is 0 Å². The molecule has 0 aliphatic carbocycles. The Morgan fingerprint density at radius 2 is 1.73 bits per heavy atom. The average molecular weight is 358 g/mol. The molecule has 6 heteroatoms. The van der Waals surface area contributed by atoms with Crippen LogP contribution in [0.3, 0.4) is 0 Å². The van der Waals surface area contributed by atoms with Gasteiger partial charge < -0.3 is 0 Å². The summed E-state index contributed by atoms with van der Waals surface area (Å²) < 4.78 is 26.9. The standard InChI is InChI=1S/C16H17Cl2NO2S/c1-12(14-5-3-2-4-6-14)10-19-22(20,21)11-13-7-8-15(17)16(18)9-13/h2-9,12,19H,10-11H2,1H3/t12-/m0/s1. The highest BCUT2D eigenvalue weighted by Gasteiger charge is 2.14. The molecule has 0 amide bonds. The van der Waals surface area contributed by atoms with Crippen LogP contribution in [0, 0.1) is 0 Å². The summed E-state index contributed by atoms with van der Waals surface area (Å²) in [6.07, 6.45) is 0. The van der Waals surface area contributed by atoms with Crippen LogP contribution in [0.4, 0.5) is 0 Å². The van der Waals surface area contributed by atoms with E-state index < -0.39 is 10.0 Å². The first-order valence-electron chi connectivity index (χ1n) is 6.83. The lowest BCUT2D eigenvalue weighted by molar-refractivity contribution is 0.574. The Morgan fingerprint density at radius 3 is 2.36 bits per heavy atom. The van der Waals surface area contributed by atoms with Crippen molar-refractivity contribution < 1.29 is 8.42 Å². The van der Waals surface area contributed by atoms with Crippen molar-refractivity contribution in [2.75, 3.05) is 6.54 Å². The van der Waals surface area contributed by atoms with Gasteiger partial charge in [-0.1, -0.05) is 66.5 Å². The van der Waals surface area contributed by atoms with E-state index in [9.17, 15) is 8.42 Å². The van der Waals surface area contributed by atoms with Gasteiger partial charge in [-0.15, -0.1) is 0 Å². The zero-order valence-electron chi connectivity index (χ0n) is 12.1. The molecule has 0 aromatic heterocycles. The zero-order chi connectivity index (χ0) is 16.2. The molecule has 0 fully saturated rings. The third-order valence-corrected chi connectivity index (χ3v) is 5.38. The molecule has 1 N–H and O–H groups in total. The van der Waals surface area contributed by atoms with E-state index in [1.807, 2.05) is 37.3 Å². The molecule has 0 saturated heterocycles. The zero-order valence-corrected chi connectivity index (χ0v) is 14.4. The molecule has 0 heterocycles. The van der Waals surface area contributed by atoms with Gasteiger partial charge in [-0.2, -0.15) is 0 Å². The van der Waals surface area contributed by atoms with E-state index in [0.29, 0.717) is 22.2 Å². The third kappa shape index (κ3) is 4.99. The molecule has 22 heavy (non-hydrogen) atoms. The highest BCUT2D eigenvalue weighted by molar-refractivity contribution is 7.88. The molecule has 0 aliphatic rings. The summed E-state index contributed by atoms with van der Waals surface area (Å²) in [5, 5.41) is 0.764. The SMILES string of the molecule is C[C@@H](CNS(=O)(=O)Cc1ccc(Cl)c(Cl)c1)c1ccccc1. The lowest BCUT2D eigenvalue weighted by Crippen LogP contribution is -2.28. The maximum atomic E-state index is 12.1. The summed E-state index contributed by atoms with van der Waals surface area (Å²) in [6, 6.07) is 14.6. The highest BCUT2D eigenvalue weighted by atomic mass is 35.5. The van der Waals surface area contributed by atoms with Crippen molar-refractivity contribution in [2.24, 2.45) is 0 Å². The monoisotopic (exact) mass is 357 g/mol. The minimum Gasteiger partial charge on any atom is -0.214 e. The van der Waals surface area contributed by atoms with Crippen LogP contribution in [0.5, 0.6) is 0 Å². The molecule has 2 rings (SSSR count). The van der Waals surface area contributed by atoms with Crippen molar-refractivity contribution in [1.29, 1.82) is 0 Å². The second-order valence-electron chi connectivity index (χ2n) is 5.17. The van der Waals surface area contributed by atoms with E-state index in [0.717, 1.165) is 5.56 Å². The minimum absolute atomic E-state index is 0.102. The molecule has 2 aromatic carbocycles. The number of rotatable bonds is 6. The van der Waals surface area contributed by atoms with Crippen molar-refractivity contribution >= 4 is 33.2 Å². The molecule has 1 atom stereocenters. The number of benzene rings is 2. The number of nitrogens with one attached hydrogen (secondary N) is 1. The first-order chi connectivity index (χ1) is 10.4. The minimum atomic E-state index is -3.42. The van der Waals surface area contributed by atoms with Crippen LogP contribution in [0.2, 0.25) is 10.0 Å². The Balaban J connectivity index is 1.98. The number of hydrogen-bond donors (Lipinski definition) is 1. The Hall–Kier alpha value is -1.07. The molecule has 0 spiro atoms. The fourth-order valence-corrected chi connectivity index (χ4v) is 3.60. The maximum Gasteiger partial charge on any atom is 0.215 e. The van der Waals surface area contributed by atoms with E-state index in [-0.39, 0.29) is 11.7 Å². The van der Waals surface area contributed by atoms with Crippen molar-refractivity contribution in [1.82, 2.24) is 4.72 Å². The van der Waals surface area contributed by atoms with Gasteiger partial charge in [0.05, 0.1) is 15.8 Å². The lowest BCUT2D eigenvalue weighted by atomic mass is 10.0. The van der Waals surface area contributed by atoms with Crippen LogP contribution in [-0.2, 0) is 15.8 Å². The fraction of sp³-hybridized carbons (Fsp3) is 0.250. The van der Waals surface area contributed by atoms with E-state index >= 15 is 0 Å². The molecule has 0 bridgehead atoms. The van der Waals surface area contributed by atoms with Crippen molar-refractivity contribution in [2.45, 2.75) is 18.6 Å². The molecular weight excluding hydrogens is 341 g/mol. The van der Waals surface area contributed by atoms with E-state index in [1.54, 1.807) is 18.2 Å². The van der Waals surface area contributed by atoms with E-state index in [4.69, 9.17) is 23.2 Å². The first-order valence-corrected chi connectivity index (χ1v) is 9.24. The predicted octanol–water partition coefficient (Wildman–Crippen LogP) is 4.22. The molecule has 0 radical (unpaired) electrons. The summed E-state index contributed by atoms with van der Waals surface area (Å²) in [5.41, 5.74) is 1.70. The summed E-state index contributed by atoms with van der Waals surface area (Å²) in [4.78, 5) is 0. The van der Waals surface area contributed by atoms with Crippen LogP contribution in [0.1, 0.15) is 24.0 Å². The molecular formula is C16H17Cl2NO2S. The smallest absolute Gasteiger partial charge is 0.214 e. The maximum absolute atomic E-state index is 12.1. The average Bonchev–Trinajstić information content (AvgIpc) is 2.49. The number of sulfonamides is 1. The van der Waals surface area contributed by atoms with Gasteiger partial charge in [0.1, 0.15) is 0 Å². The molecule has 0 aliphatic heterocycles. The highest BCUT2D eigenvalue weighted by Crippen LogP contribution is 2.23. The Kier molecular flexibility index (Phi) is 5.87. The third-order valence-electron chi connectivity index (χ3n) is 3.32. The van der Waals surface area contributed by atoms with Crippen LogP contribution in [-0.4, -0.2) is 15.0 Å². The quantitative estimate of drug-likeness (QED) is 0.841. The second-order valence-corrected chi connectivity index (χ2v) is 7.79. The lowest BCUT2D eigenvalue weighted by Gasteiger charge is -2.13. The van der Waals surface area contributed by atoms with Gasteiger partial charge in [0.2, 0.25) is 10.0 Å². The molecule has 0 saturated carbocycles. The van der Waals surface area contributed by atoms with Gasteiger partial charge in [0.15, 0.2) is 0 Å². The first kappa shape index (κ1) is 17.3. The van der Waals surface area contributed by atoms with E-state index in [2.05, 4.69) is 4.72 Å². The van der Waals surface area contributed by atoms with Gasteiger partial charge >= 0.3 is 0 Å². The van der Waals surface area contributed by atoms with Gasteiger partial charge in [0, 0.05) is 6.54 Å². The van der Waals surface area contributed by atoms with Crippen molar-refractivity contribution in [3.63, 3.8) is 0 Å². The number of hydrogen-bond acceptors (Lipinski definition) is 2. The Morgan fingerprint density at radius 1 is 1.05 bits per heavy atom. The van der Waals surface area contributed by atoms with Crippen LogP contribution in [0.25, 0.3) is 0 Å². The summed E-state index contributed by atoms with van der Waals surface area (Å²) in [6.45, 7) is 2.34. The summed E-state index contributed by atoms with van der Waals surface area (Å²) in [7, 11) is -3.42. The van der Waals surface area contributed by atoms with Crippen molar-refractivity contribution in [3.05, 3.63) is 69.7 Å². The second kappa shape index (κ2) is 7.47. The van der Waals surface area contributed by atoms with Crippen LogP contribution >= 0.6 is 23.2 Å².